The van der Waals surface area contributed by atoms with Crippen molar-refractivity contribution in [3.8, 4) is 0 Å². The minimum atomic E-state index is -0.901. The number of benzene rings is 1. The number of carbonyl (C=O) groups excluding carboxylic acids is 1. The number of amides is 1. The maximum Gasteiger partial charge on any atom is 0.335 e. The molecule has 3 rings (SSSR count). The predicted octanol–water partition coefficient (Wildman–Crippen LogP) is 3.48. The number of piperidine rings is 1. The van der Waals surface area contributed by atoms with E-state index in [4.69, 9.17) is 5.11 Å². The highest BCUT2D eigenvalue weighted by molar-refractivity contribution is 7.15. The van der Waals surface area contributed by atoms with Crippen molar-refractivity contribution in [2.24, 2.45) is 0 Å². The molecule has 0 aliphatic carbocycles. The Morgan fingerprint density at radius 3 is 2.58 bits per heavy atom. The second kappa shape index (κ2) is 8.25. The fraction of sp³-hybridized carbons (Fsp3) is 0.316. The number of carboxylic acids is 1. The lowest BCUT2D eigenvalue weighted by atomic mass is 10.0. The van der Waals surface area contributed by atoms with E-state index in [9.17, 15) is 9.59 Å². The third-order valence-corrected chi connectivity index (χ3v) is 5.14. The number of anilines is 1. The maximum absolute atomic E-state index is 11.1. The quantitative estimate of drug-likeness (QED) is 0.841. The summed E-state index contributed by atoms with van der Waals surface area (Å²) in [7, 11) is 0. The van der Waals surface area contributed by atoms with Crippen molar-refractivity contribution in [1.29, 1.82) is 0 Å². The van der Waals surface area contributed by atoms with Gasteiger partial charge in [0.1, 0.15) is 0 Å². The van der Waals surface area contributed by atoms with Crippen LogP contribution in [-0.2, 0) is 11.3 Å². The summed E-state index contributed by atoms with van der Waals surface area (Å²) in [4.78, 5) is 29.7. The molecule has 136 valence electrons. The molecule has 7 heteroatoms. The van der Waals surface area contributed by atoms with Crippen LogP contribution in [0.25, 0.3) is 6.08 Å². The first-order valence-electron chi connectivity index (χ1n) is 8.47. The third-order valence-electron chi connectivity index (χ3n) is 4.24. The van der Waals surface area contributed by atoms with E-state index in [1.807, 2.05) is 18.3 Å². The first-order chi connectivity index (χ1) is 12.5. The van der Waals surface area contributed by atoms with Crippen molar-refractivity contribution in [3.63, 3.8) is 0 Å². The molecular weight excluding hydrogens is 350 g/mol. The van der Waals surface area contributed by atoms with Crippen LogP contribution in [0.15, 0.2) is 36.0 Å². The van der Waals surface area contributed by atoms with Gasteiger partial charge in [-0.1, -0.05) is 23.8 Å². The van der Waals surface area contributed by atoms with Crippen LogP contribution < -0.4 is 5.32 Å². The molecule has 6 nitrogen and oxygen atoms in total. The molecule has 0 spiro atoms. The molecule has 1 aliphatic rings. The highest BCUT2D eigenvalue weighted by Gasteiger charge is 2.15. The van der Waals surface area contributed by atoms with Gasteiger partial charge < -0.3 is 10.4 Å². The van der Waals surface area contributed by atoms with E-state index in [2.05, 4.69) is 21.3 Å². The number of aromatic nitrogens is 1. The Kier molecular flexibility index (Phi) is 5.80. The number of aromatic carboxylic acids is 1. The Balaban J connectivity index is 1.52. The molecule has 2 aromatic rings. The fourth-order valence-electron chi connectivity index (χ4n) is 2.91. The van der Waals surface area contributed by atoms with Gasteiger partial charge in [0.05, 0.1) is 5.56 Å². The third kappa shape index (κ3) is 5.00. The SMILES string of the molecule is CC(=O)Nc1ncc(CN2CCC(=Cc3ccc(C(=O)O)cc3)CC2)s1. The van der Waals surface area contributed by atoms with Gasteiger partial charge in [-0.2, -0.15) is 0 Å². The van der Waals surface area contributed by atoms with Crippen molar-refractivity contribution in [1.82, 2.24) is 9.88 Å². The van der Waals surface area contributed by atoms with Gasteiger partial charge >= 0.3 is 5.97 Å². The molecule has 0 saturated carbocycles. The number of carboxylic acid groups (broad SMARTS) is 1. The second-order valence-corrected chi connectivity index (χ2v) is 7.43. The summed E-state index contributed by atoms with van der Waals surface area (Å²) in [6.07, 6.45) is 5.98. The van der Waals surface area contributed by atoms with E-state index < -0.39 is 5.97 Å². The zero-order valence-electron chi connectivity index (χ0n) is 14.6. The molecule has 0 unspecified atom stereocenters. The monoisotopic (exact) mass is 371 g/mol. The summed E-state index contributed by atoms with van der Waals surface area (Å²) < 4.78 is 0. The molecule has 0 atom stereocenters. The van der Waals surface area contributed by atoms with Crippen molar-refractivity contribution in [3.05, 3.63) is 52.0 Å². The average molecular weight is 371 g/mol. The second-order valence-electron chi connectivity index (χ2n) is 6.32. The van der Waals surface area contributed by atoms with E-state index in [1.54, 1.807) is 12.1 Å². The minimum absolute atomic E-state index is 0.102. The van der Waals surface area contributed by atoms with E-state index in [1.165, 1.54) is 23.8 Å². The van der Waals surface area contributed by atoms with Crippen LogP contribution in [-0.4, -0.2) is 40.0 Å². The predicted molar refractivity (Wildman–Crippen MR) is 102 cm³/mol. The first-order valence-corrected chi connectivity index (χ1v) is 9.29. The summed E-state index contributed by atoms with van der Waals surface area (Å²) in [6.45, 7) is 4.28. The number of thiazole rings is 1. The summed E-state index contributed by atoms with van der Waals surface area (Å²) >= 11 is 1.51. The van der Waals surface area contributed by atoms with Crippen molar-refractivity contribution in [2.45, 2.75) is 26.3 Å². The number of nitrogens with one attached hydrogen (secondary N) is 1. The molecule has 1 amide bonds. The lowest BCUT2D eigenvalue weighted by Crippen LogP contribution is -2.29. The van der Waals surface area contributed by atoms with Crippen LogP contribution in [0.1, 0.15) is 40.6 Å². The Labute approximate surface area is 156 Å². The Bertz CT molecular complexity index is 817. The molecule has 1 aliphatic heterocycles. The Morgan fingerprint density at radius 2 is 1.96 bits per heavy atom. The molecule has 2 N–H and O–H groups in total. The van der Waals surface area contributed by atoms with Crippen LogP contribution in [0.3, 0.4) is 0 Å². The van der Waals surface area contributed by atoms with Crippen LogP contribution in [0, 0.1) is 0 Å². The van der Waals surface area contributed by atoms with Gasteiger partial charge in [0, 0.05) is 37.6 Å². The van der Waals surface area contributed by atoms with Gasteiger partial charge in [0.15, 0.2) is 5.13 Å². The number of nitrogens with zero attached hydrogens (tertiary/aromatic N) is 2. The summed E-state index contributed by atoms with van der Waals surface area (Å²) in [5.74, 6) is -1.00. The van der Waals surface area contributed by atoms with E-state index in [0.29, 0.717) is 10.7 Å². The van der Waals surface area contributed by atoms with Crippen LogP contribution in [0.2, 0.25) is 0 Å². The molecule has 2 heterocycles. The zero-order valence-corrected chi connectivity index (χ0v) is 15.4. The Morgan fingerprint density at radius 1 is 1.27 bits per heavy atom. The normalized spacial score (nSPS) is 14.9. The van der Waals surface area contributed by atoms with Crippen molar-refractivity contribution < 1.29 is 14.7 Å². The topological polar surface area (TPSA) is 82.5 Å². The Hall–Kier alpha value is -2.51. The summed E-state index contributed by atoms with van der Waals surface area (Å²) in [5.41, 5.74) is 2.73. The van der Waals surface area contributed by atoms with Gasteiger partial charge in [-0.05, 0) is 30.5 Å². The van der Waals surface area contributed by atoms with Crippen molar-refractivity contribution in [2.75, 3.05) is 18.4 Å². The van der Waals surface area contributed by atoms with E-state index in [-0.39, 0.29) is 5.91 Å². The smallest absolute Gasteiger partial charge is 0.335 e. The fourth-order valence-corrected chi connectivity index (χ4v) is 3.81. The molecule has 1 aromatic carbocycles. The van der Waals surface area contributed by atoms with Crippen LogP contribution in [0.5, 0.6) is 0 Å². The lowest BCUT2D eigenvalue weighted by Gasteiger charge is -2.27. The maximum atomic E-state index is 11.1. The van der Waals surface area contributed by atoms with Crippen molar-refractivity contribution >= 4 is 34.4 Å². The highest BCUT2D eigenvalue weighted by atomic mass is 32.1. The highest BCUT2D eigenvalue weighted by Crippen LogP contribution is 2.24. The summed E-state index contributed by atoms with van der Waals surface area (Å²) in [6, 6.07) is 6.98. The van der Waals surface area contributed by atoms with Crippen LogP contribution in [0.4, 0.5) is 5.13 Å². The standard InChI is InChI=1S/C19H21N3O3S/c1-13(23)21-19-20-11-17(26-19)12-22-8-6-15(7-9-22)10-14-2-4-16(5-3-14)18(24)25/h2-5,10-11H,6-9,12H2,1H3,(H,24,25)(H,20,21,23). The molecule has 1 saturated heterocycles. The van der Waals surface area contributed by atoms with Crippen LogP contribution >= 0.6 is 11.3 Å². The number of hydrogen-bond donors (Lipinski definition) is 2. The molecule has 0 bridgehead atoms. The first kappa shape index (κ1) is 18.3. The number of carbonyl (C=O) groups is 2. The van der Waals surface area contributed by atoms with Gasteiger partial charge in [0.2, 0.25) is 5.91 Å². The van der Waals surface area contributed by atoms with E-state index >= 15 is 0 Å². The molecule has 0 radical (unpaired) electrons. The lowest BCUT2D eigenvalue weighted by molar-refractivity contribution is -0.114. The largest absolute Gasteiger partial charge is 0.478 e. The molecule has 26 heavy (non-hydrogen) atoms. The average Bonchev–Trinajstić information content (AvgIpc) is 3.03. The molecule has 1 fully saturated rings. The zero-order chi connectivity index (χ0) is 18.5. The number of hydrogen-bond acceptors (Lipinski definition) is 5. The summed E-state index contributed by atoms with van der Waals surface area (Å²) in [5, 5.41) is 12.3. The van der Waals surface area contributed by atoms with Gasteiger partial charge in [-0.3, -0.25) is 9.69 Å². The van der Waals surface area contributed by atoms with E-state index in [0.717, 1.165) is 42.9 Å². The number of likely N-dealkylation sites (tertiary alicyclic amines) is 1. The molecular formula is C19H21N3O3S. The van der Waals surface area contributed by atoms with Gasteiger partial charge in [0.25, 0.3) is 0 Å². The van der Waals surface area contributed by atoms with Gasteiger partial charge in [-0.15, -0.1) is 11.3 Å². The van der Waals surface area contributed by atoms with Gasteiger partial charge in [-0.25, -0.2) is 9.78 Å². The minimum Gasteiger partial charge on any atom is -0.478 e. The molecule has 1 aromatic heterocycles. The number of rotatable bonds is 5.